The monoisotopic (exact) mass is 223 g/mol. The Morgan fingerprint density at radius 1 is 1.67 bits per heavy atom. The van der Waals surface area contributed by atoms with Crippen LogP contribution in [0.15, 0.2) is 34.4 Å². The number of thiazole rings is 1. The average molecular weight is 223 g/mol. The second kappa shape index (κ2) is 4.27. The van der Waals surface area contributed by atoms with Crippen LogP contribution in [0.25, 0.3) is 0 Å². The SMILES string of the molecule is O=C(O)C(Cc1ccco1)c1nccs1. The van der Waals surface area contributed by atoms with E-state index >= 15 is 0 Å². The first-order valence-electron chi connectivity index (χ1n) is 4.42. The van der Waals surface area contributed by atoms with E-state index < -0.39 is 11.9 Å². The van der Waals surface area contributed by atoms with E-state index in [1.807, 2.05) is 0 Å². The number of hydrogen-bond acceptors (Lipinski definition) is 4. The van der Waals surface area contributed by atoms with Crippen molar-refractivity contribution < 1.29 is 14.3 Å². The van der Waals surface area contributed by atoms with Crippen LogP contribution in [0.5, 0.6) is 0 Å². The van der Waals surface area contributed by atoms with E-state index in [4.69, 9.17) is 9.52 Å². The van der Waals surface area contributed by atoms with Gasteiger partial charge < -0.3 is 9.52 Å². The molecule has 0 fully saturated rings. The van der Waals surface area contributed by atoms with E-state index in [1.165, 1.54) is 17.6 Å². The molecule has 2 rings (SSSR count). The highest BCUT2D eigenvalue weighted by molar-refractivity contribution is 7.09. The van der Waals surface area contributed by atoms with Crippen LogP contribution in [-0.4, -0.2) is 16.1 Å². The first kappa shape index (κ1) is 9.92. The van der Waals surface area contributed by atoms with Crippen molar-refractivity contribution in [3.05, 3.63) is 40.7 Å². The molecule has 15 heavy (non-hydrogen) atoms. The number of nitrogens with zero attached hydrogens (tertiary/aromatic N) is 1. The summed E-state index contributed by atoms with van der Waals surface area (Å²) in [6.07, 6.45) is 3.49. The van der Waals surface area contributed by atoms with Crippen molar-refractivity contribution in [2.24, 2.45) is 0 Å². The average Bonchev–Trinajstić information content (AvgIpc) is 2.87. The molecule has 0 amide bonds. The third kappa shape index (κ3) is 2.24. The molecule has 0 aliphatic heterocycles. The molecule has 2 aromatic heterocycles. The second-order valence-corrected chi connectivity index (χ2v) is 3.97. The van der Waals surface area contributed by atoms with Gasteiger partial charge >= 0.3 is 5.97 Å². The van der Waals surface area contributed by atoms with Crippen LogP contribution >= 0.6 is 11.3 Å². The topological polar surface area (TPSA) is 63.3 Å². The first-order valence-corrected chi connectivity index (χ1v) is 5.30. The van der Waals surface area contributed by atoms with Gasteiger partial charge in [-0.1, -0.05) is 0 Å². The summed E-state index contributed by atoms with van der Waals surface area (Å²) in [5, 5.41) is 11.5. The Bertz CT molecular complexity index is 421. The number of aliphatic carboxylic acids is 1. The zero-order chi connectivity index (χ0) is 10.7. The highest BCUT2D eigenvalue weighted by atomic mass is 32.1. The second-order valence-electron chi connectivity index (χ2n) is 3.04. The number of carboxylic acids is 1. The molecule has 0 aliphatic rings. The van der Waals surface area contributed by atoms with Gasteiger partial charge in [0.05, 0.1) is 6.26 Å². The fraction of sp³-hybridized carbons (Fsp3) is 0.200. The highest BCUT2D eigenvalue weighted by Crippen LogP contribution is 2.23. The first-order chi connectivity index (χ1) is 7.27. The van der Waals surface area contributed by atoms with Crippen LogP contribution in [-0.2, 0) is 11.2 Å². The number of aromatic nitrogens is 1. The van der Waals surface area contributed by atoms with Gasteiger partial charge in [-0.25, -0.2) is 4.98 Å². The lowest BCUT2D eigenvalue weighted by molar-refractivity contribution is -0.138. The molecular weight excluding hydrogens is 214 g/mol. The fourth-order valence-corrected chi connectivity index (χ4v) is 2.05. The fourth-order valence-electron chi connectivity index (χ4n) is 1.32. The Balaban J connectivity index is 2.18. The lowest BCUT2D eigenvalue weighted by Crippen LogP contribution is -2.13. The third-order valence-electron chi connectivity index (χ3n) is 2.03. The summed E-state index contributed by atoms with van der Waals surface area (Å²) < 4.78 is 5.13. The molecule has 0 radical (unpaired) electrons. The molecule has 5 heteroatoms. The van der Waals surface area contributed by atoms with Gasteiger partial charge in [-0.15, -0.1) is 11.3 Å². The van der Waals surface area contributed by atoms with Gasteiger partial charge in [-0.2, -0.15) is 0 Å². The summed E-state index contributed by atoms with van der Waals surface area (Å²) in [5.41, 5.74) is 0. The Morgan fingerprint density at radius 2 is 2.53 bits per heavy atom. The third-order valence-corrected chi connectivity index (χ3v) is 2.92. The van der Waals surface area contributed by atoms with E-state index in [2.05, 4.69) is 4.98 Å². The van der Waals surface area contributed by atoms with E-state index in [-0.39, 0.29) is 0 Å². The van der Waals surface area contributed by atoms with Gasteiger partial charge in [0.25, 0.3) is 0 Å². The molecule has 0 saturated heterocycles. The van der Waals surface area contributed by atoms with Crippen LogP contribution in [0.3, 0.4) is 0 Å². The maximum Gasteiger partial charge on any atom is 0.313 e. The molecule has 4 nitrogen and oxygen atoms in total. The number of furan rings is 1. The molecule has 0 aromatic carbocycles. The van der Waals surface area contributed by atoms with Gasteiger partial charge in [-0.05, 0) is 12.1 Å². The Hall–Kier alpha value is -1.62. The number of carbonyl (C=O) groups is 1. The van der Waals surface area contributed by atoms with Crippen LogP contribution in [0.2, 0.25) is 0 Å². The predicted molar refractivity (Wildman–Crippen MR) is 54.9 cm³/mol. The highest BCUT2D eigenvalue weighted by Gasteiger charge is 2.23. The minimum atomic E-state index is -0.874. The largest absolute Gasteiger partial charge is 0.481 e. The normalized spacial score (nSPS) is 12.5. The summed E-state index contributed by atoms with van der Waals surface area (Å²) in [7, 11) is 0. The number of rotatable bonds is 4. The van der Waals surface area contributed by atoms with E-state index in [1.54, 1.807) is 23.7 Å². The van der Waals surface area contributed by atoms with Gasteiger partial charge in [0.1, 0.15) is 16.7 Å². The standard InChI is InChI=1S/C10H9NO3S/c12-10(13)8(9-11-3-5-15-9)6-7-2-1-4-14-7/h1-5,8H,6H2,(H,12,13). The van der Waals surface area contributed by atoms with E-state index in [9.17, 15) is 4.79 Å². The van der Waals surface area contributed by atoms with Gasteiger partial charge in [-0.3, -0.25) is 4.79 Å². The smallest absolute Gasteiger partial charge is 0.313 e. The van der Waals surface area contributed by atoms with Gasteiger partial charge in [0.2, 0.25) is 0 Å². The summed E-state index contributed by atoms with van der Waals surface area (Å²) in [6, 6.07) is 3.51. The maximum atomic E-state index is 11.0. The number of hydrogen-bond donors (Lipinski definition) is 1. The molecule has 0 aliphatic carbocycles. The van der Waals surface area contributed by atoms with Crippen LogP contribution in [0, 0.1) is 0 Å². The van der Waals surface area contributed by atoms with Crippen molar-refractivity contribution in [2.45, 2.75) is 12.3 Å². The van der Waals surface area contributed by atoms with Crippen molar-refractivity contribution in [1.29, 1.82) is 0 Å². The maximum absolute atomic E-state index is 11.0. The summed E-state index contributed by atoms with van der Waals surface area (Å²) >= 11 is 1.35. The van der Waals surface area contributed by atoms with Gasteiger partial charge in [0.15, 0.2) is 0 Å². The lowest BCUT2D eigenvalue weighted by Gasteiger charge is -2.06. The summed E-state index contributed by atoms with van der Waals surface area (Å²) in [6.45, 7) is 0. The molecule has 0 bridgehead atoms. The lowest BCUT2D eigenvalue weighted by atomic mass is 10.1. The predicted octanol–water partition coefficient (Wildman–Crippen LogP) is 2.15. The zero-order valence-electron chi connectivity index (χ0n) is 7.79. The van der Waals surface area contributed by atoms with Crippen molar-refractivity contribution in [1.82, 2.24) is 4.98 Å². The molecule has 78 valence electrons. The summed E-state index contributed by atoms with van der Waals surface area (Å²) in [4.78, 5) is 15.1. The van der Waals surface area contributed by atoms with Gasteiger partial charge in [0, 0.05) is 18.0 Å². The molecule has 2 aromatic rings. The van der Waals surface area contributed by atoms with E-state index in [0.29, 0.717) is 17.2 Å². The molecule has 1 unspecified atom stereocenters. The Kier molecular flexibility index (Phi) is 2.82. The Morgan fingerprint density at radius 3 is 3.07 bits per heavy atom. The molecule has 1 N–H and O–H groups in total. The molecule has 1 atom stereocenters. The van der Waals surface area contributed by atoms with Crippen molar-refractivity contribution in [2.75, 3.05) is 0 Å². The molecule has 2 heterocycles. The molecule has 0 spiro atoms. The summed E-state index contributed by atoms with van der Waals surface area (Å²) in [5.74, 6) is -0.824. The van der Waals surface area contributed by atoms with Crippen LogP contribution in [0.1, 0.15) is 16.7 Å². The van der Waals surface area contributed by atoms with Crippen molar-refractivity contribution in [3.8, 4) is 0 Å². The zero-order valence-corrected chi connectivity index (χ0v) is 8.61. The minimum absolute atomic E-state index is 0.343. The van der Waals surface area contributed by atoms with Crippen molar-refractivity contribution >= 4 is 17.3 Å². The van der Waals surface area contributed by atoms with Crippen LogP contribution < -0.4 is 0 Å². The molecular formula is C10H9NO3S. The minimum Gasteiger partial charge on any atom is -0.481 e. The molecule has 0 saturated carbocycles. The van der Waals surface area contributed by atoms with Crippen LogP contribution in [0.4, 0.5) is 0 Å². The van der Waals surface area contributed by atoms with Crippen molar-refractivity contribution in [3.63, 3.8) is 0 Å². The van der Waals surface area contributed by atoms with E-state index in [0.717, 1.165) is 0 Å². The number of carboxylic acid groups (broad SMARTS) is 1. The quantitative estimate of drug-likeness (QED) is 0.862. The Labute approximate surface area is 90.2 Å².